The molecule has 0 unspecified atom stereocenters. The van der Waals surface area contributed by atoms with Crippen LogP contribution in [0, 0.1) is 12.7 Å². The van der Waals surface area contributed by atoms with E-state index in [1.54, 1.807) is 41.4 Å². The Balaban J connectivity index is 1.81. The number of amides is 1. The zero-order valence-electron chi connectivity index (χ0n) is 13.8. The molecule has 1 aromatic carbocycles. The molecule has 0 saturated heterocycles. The van der Waals surface area contributed by atoms with Crippen molar-refractivity contribution >= 4 is 22.4 Å². The topological polar surface area (TPSA) is 64.7 Å². The third kappa shape index (κ3) is 2.91. The Bertz CT molecular complexity index is 1070. The van der Waals surface area contributed by atoms with E-state index in [4.69, 9.17) is 0 Å². The molecule has 0 saturated carbocycles. The van der Waals surface area contributed by atoms with Gasteiger partial charge in [-0.05, 0) is 31.2 Å². The first-order valence-electron chi connectivity index (χ1n) is 7.83. The Hall–Kier alpha value is -3.26. The molecule has 4 rings (SSSR count). The lowest BCUT2D eigenvalue weighted by Crippen LogP contribution is -2.15. The lowest BCUT2D eigenvalue weighted by Gasteiger charge is -2.11. The molecule has 3 heterocycles. The van der Waals surface area contributed by atoms with Crippen LogP contribution in [0.3, 0.4) is 0 Å². The van der Waals surface area contributed by atoms with Crippen LogP contribution in [0.2, 0.25) is 0 Å². The number of carbonyl (C=O) groups excluding carboxylic acids is 1. The van der Waals surface area contributed by atoms with Crippen molar-refractivity contribution in [1.29, 1.82) is 0 Å². The van der Waals surface area contributed by atoms with E-state index in [9.17, 15) is 9.18 Å². The van der Waals surface area contributed by atoms with Crippen LogP contribution in [-0.2, 0) is 0 Å². The van der Waals surface area contributed by atoms with Gasteiger partial charge in [-0.3, -0.25) is 10.1 Å². The van der Waals surface area contributed by atoms with Crippen LogP contribution < -0.4 is 5.32 Å². The van der Waals surface area contributed by atoms with Gasteiger partial charge in [0.05, 0.1) is 6.20 Å². The number of hydrogen-bond acceptors (Lipinski definition) is 4. The molecular weight excluding hydrogens is 353 g/mol. The van der Waals surface area contributed by atoms with Crippen LogP contribution in [0.1, 0.15) is 15.2 Å². The van der Waals surface area contributed by atoms with Crippen molar-refractivity contribution in [2.45, 2.75) is 6.92 Å². The number of nitrogens with one attached hydrogen (secondary N) is 1. The second-order valence-electron chi connectivity index (χ2n) is 5.57. The number of anilines is 1. The first-order valence-corrected chi connectivity index (χ1v) is 8.65. The average Bonchev–Trinajstić information content (AvgIpc) is 3.35. The number of para-hydroxylation sites is 1. The largest absolute Gasteiger partial charge is 0.308 e. The van der Waals surface area contributed by atoms with Gasteiger partial charge in [0.2, 0.25) is 0 Å². The number of aromatic nitrogens is 4. The molecule has 0 bridgehead atoms. The number of rotatable bonds is 4. The van der Waals surface area contributed by atoms with Gasteiger partial charge in [-0.1, -0.05) is 12.1 Å². The Morgan fingerprint density at radius 3 is 2.62 bits per heavy atom. The maximum Gasteiger partial charge on any atom is 0.262 e. The van der Waals surface area contributed by atoms with E-state index in [0.29, 0.717) is 16.5 Å². The van der Waals surface area contributed by atoms with Gasteiger partial charge in [0.15, 0.2) is 10.9 Å². The fourth-order valence-corrected chi connectivity index (χ4v) is 3.26. The van der Waals surface area contributed by atoms with E-state index < -0.39 is 5.82 Å². The molecule has 0 aliphatic carbocycles. The van der Waals surface area contributed by atoms with Crippen LogP contribution in [0.4, 0.5) is 9.52 Å². The first kappa shape index (κ1) is 16.2. The van der Waals surface area contributed by atoms with Gasteiger partial charge >= 0.3 is 0 Å². The molecule has 0 radical (unpaired) electrons. The lowest BCUT2D eigenvalue weighted by atomic mass is 10.2. The number of halogens is 1. The van der Waals surface area contributed by atoms with Crippen molar-refractivity contribution in [2.75, 3.05) is 5.32 Å². The number of hydrogen-bond donors (Lipinski definition) is 1. The summed E-state index contributed by atoms with van der Waals surface area (Å²) in [5, 5.41) is 7.52. The van der Waals surface area contributed by atoms with Crippen molar-refractivity contribution in [1.82, 2.24) is 19.3 Å². The Morgan fingerprint density at radius 2 is 1.92 bits per heavy atom. The zero-order valence-corrected chi connectivity index (χ0v) is 14.6. The predicted molar refractivity (Wildman–Crippen MR) is 97.7 cm³/mol. The standard InChI is InChI=1S/C18H14FN5OS/c1-12-10-20-18(26-12)22-16(25)13-11-21-24(15-7-3-2-6-14(15)19)17(13)23-8-4-5-9-23/h2-11H,1H3,(H,20,22,25). The first-order chi connectivity index (χ1) is 12.6. The fourth-order valence-electron chi connectivity index (χ4n) is 2.60. The highest BCUT2D eigenvalue weighted by atomic mass is 32.1. The van der Waals surface area contributed by atoms with Crippen molar-refractivity contribution in [3.8, 4) is 11.5 Å². The summed E-state index contributed by atoms with van der Waals surface area (Å²) in [4.78, 5) is 17.9. The second kappa shape index (κ2) is 6.57. The molecule has 26 heavy (non-hydrogen) atoms. The maximum atomic E-state index is 14.3. The molecule has 1 N–H and O–H groups in total. The van der Waals surface area contributed by atoms with Crippen LogP contribution in [0.25, 0.3) is 11.5 Å². The summed E-state index contributed by atoms with van der Waals surface area (Å²) in [6, 6.07) is 9.94. The molecule has 4 aromatic rings. The predicted octanol–water partition coefficient (Wildman–Crippen LogP) is 3.82. The highest BCUT2D eigenvalue weighted by Gasteiger charge is 2.21. The van der Waals surface area contributed by atoms with Crippen molar-refractivity contribution in [2.24, 2.45) is 0 Å². The third-order valence-electron chi connectivity index (χ3n) is 3.76. The third-order valence-corrected chi connectivity index (χ3v) is 4.59. The van der Waals surface area contributed by atoms with Gasteiger partial charge in [-0.15, -0.1) is 11.3 Å². The molecular formula is C18H14FN5OS. The van der Waals surface area contributed by atoms with Gasteiger partial charge in [0, 0.05) is 23.5 Å². The van der Waals surface area contributed by atoms with E-state index in [2.05, 4.69) is 15.4 Å². The number of thiazole rings is 1. The molecule has 0 fully saturated rings. The summed E-state index contributed by atoms with van der Waals surface area (Å²) in [7, 11) is 0. The highest BCUT2D eigenvalue weighted by Crippen LogP contribution is 2.23. The molecule has 0 aliphatic heterocycles. The number of benzene rings is 1. The molecule has 8 heteroatoms. The molecule has 6 nitrogen and oxygen atoms in total. The molecule has 130 valence electrons. The summed E-state index contributed by atoms with van der Waals surface area (Å²) in [5.41, 5.74) is 0.581. The highest BCUT2D eigenvalue weighted by molar-refractivity contribution is 7.15. The summed E-state index contributed by atoms with van der Waals surface area (Å²) in [6.07, 6.45) is 6.67. The monoisotopic (exact) mass is 367 g/mol. The summed E-state index contributed by atoms with van der Waals surface area (Å²) >= 11 is 1.38. The minimum absolute atomic E-state index is 0.264. The van der Waals surface area contributed by atoms with Crippen molar-refractivity contribution in [3.63, 3.8) is 0 Å². The quantitative estimate of drug-likeness (QED) is 0.596. The molecule has 0 spiro atoms. The number of nitrogens with zero attached hydrogens (tertiary/aromatic N) is 4. The second-order valence-corrected chi connectivity index (χ2v) is 6.80. The molecule has 1 amide bonds. The normalized spacial score (nSPS) is 10.8. The zero-order chi connectivity index (χ0) is 18.1. The lowest BCUT2D eigenvalue weighted by molar-refractivity contribution is 0.102. The summed E-state index contributed by atoms with van der Waals surface area (Å²) in [6.45, 7) is 1.91. The maximum absolute atomic E-state index is 14.3. The molecule has 3 aromatic heterocycles. The number of aryl methyl sites for hydroxylation is 1. The van der Waals surface area contributed by atoms with Crippen LogP contribution in [0.15, 0.2) is 61.2 Å². The Labute approximate surface area is 152 Å². The van der Waals surface area contributed by atoms with Crippen LogP contribution in [0.5, 0.6) is 0 Å². The minimum atomic E-state index is -0.425. The molecule has 0 atom stereocenters. The van der Waals surface area contributed by atoms with E-state index in [-0.39, 0.29) is 11.6 Å². The summed E-state index contributed by atoms with van der Waals surface area (Å²) < 4.78 is 17.4. The minimum Gasteiger partial charge on any atom is -0.308 e. The van der Waals surface area contributed by atoms with Gasteiger partial charge in [0.25, 0.3) is 5.91 Å². The Morgan fingerprint density at radius 1 is 1.15 bits per heavy atom. The van der Waals surface area contributed by atoms with Gasteiger partial charge < -0.3 is 4.57 Å². The smallest absolute Gasteiger partial charge is 0.262 e. The number of carbonyl (C=O) groups is 1. The van der Waals surface area contributed by atoms with E-state index in [1.807, 2.05) is 19.1 Å². The van der Waals surface area contributed by atoms with Gasteiger partial charge in [-0.25, -0.2) is 14.1 Å². The van der Waals surface area contributed by atoms with E-state index in [0.717, 1.165) is 4.88 Å². The van der Waals surface area contributed by atoms with E-state index >= 15 is 0 Å². The average molecular weight is 367 g/mol. The van der Waals surface area contributed by atoms with Crippen LogP contribution >= 0.6 is 11.3 Å². The van der Waals surface area contributed by atoms with Crippen LogP contribution in [-0.4, -0.2) is 25.2 Å². The van der Waals surface area contributed by atoms with Gasteiger partial charge in [-0.2, -0.15) is 5.10 Å². The Kier molecular flexibility index (Phi) is 4.10. The van der Waals surface area contributed by atoms with Crippen molar-refractivity contribution in [3.05, 3.63) is 77.4 Å². The van der Waals surface area contributed by atoms with Crippen molar-refractivity contribution < 1.29 is 9.18 Å². The summed E-state index contributed by atoms with van der Waals surface area (Å²) in [5.74, 6) is -0.331. The fraction of sp³-hybridized carbons (Fsp3) is 0.0556. The molecule has 0 aliphatic rings. The van der Waals surface area contributed by atoms with E-state index in [1.165, 1.54) is 28.3 Å². The SMILES string of the molecule is Cc1cnc(NC(=O)c2cnn(-c3ccccc3F)c2-n2cccc2)s1. The van der Waals surface area contributed by atoms with Gasteiger partial charge in [0.1, 0.15) is 17.1 Å².